The fourth-order valence-corrected chi connectivity index (χ4v) is 4.93. The van der Waals surface area contributed by atoms with Gasteiger partial charge in [-0.1, -0.05) is 45.9 Å². The first kappa shape index (κ1) is 15.9. The Morgan fingerprint density at radius 1 is 1.00 bits per heavy atom. The number of hydrogen-bond acceptors (Lipinski definition) is 1. The van der Waals surface area contributed by atoms with Gasteiger partial charge in [0.05, 0.1) is 0 Å². The lowest BCUT2D eigenvalue weighted by Gasteiger charge is -2.25. The van der Waals surface area contributed by atoms with Gasteiger partial charge < -0.3 is 5.32 Å². The summed E-state index contributed by atoms with van der Waals surface area (Å²) in [6, 6.07) is 0. The Labute approximate surface area is 137 Å². The Kier molecular flexibility index (Phi) is 4.80. The molecule has 22 heavy (non-hydrogen) atoms. The van der Waals surface area contributed by atoms with Crippen LogP contribution in [0.15, 0.2) is 35.1 Å². The van der Waals surface area contributed by atoms with E-state index in [0.29, 0.717) is 0 Å². The van der Waals surface area contributed by atoms with Crippen molar-refractivity contribution < 1.29 is 0 Å². The second-order valence-corrected chi connectivity index (χ2v) is 7.96. The molecule has 0 aromatic heterocycles. The minimum absolute atomic E-state index is 0.841. The molecule has 3 rings (SSSR count). The molecule has 3 aliphatic rings. The van der Waals surface area contributed by atoms with Crippen molar-refractivity contribution in [1.82, 2.24) is 5.32 Å². The van der Waals surface area contributed by atoms with E-state index < -0.39 is 0 Å². The zero-order chi connectivity index (χ0) is 15.7. The second kappa shape index (κ2) is 6.64. The lowest BCUT2D eigenvalue weighted by Crippen LogP contribution is -2.20. The van der Waals surface area contributed by atoms with Crippen molar-refractivity contribution in [3.05, 3.63) is 35.1 Å². The zero-order valence-electron chi connectivity index (χ0n) is 14.9. The highest BCUT2D eigenvalue weighted by Crippen LogP contribution is 2.48. The smallest absolute Gasteiger partial charge is 0.0402 e. The summed E-state index contributed by atoms with van der Waals surface area (Å²) in [5.41, 5.74) is 4.64. The van der Waals surface area contributed by atoms with Gasteiger partial charge in [-0.05, 0) is 72.8 Å². The first-order valence-corrected chi connectivity index (χ1v) is 9.42. The highest BCUT2D eigenvalue weighted by Gasteiger charge is 2.41. The minimum atomic E-state index is 0.841. The molecule has 0 bridgehead atoms. The van der Waals surface area contributed by atoms with E-state index in [4.69, 9.17) is 0 Å². The monoisotopic (exact) mass is 299 g/mol. The summed E-state index contributed by atoms with van der Waals surface area (Å²) in [5, 5.41) is 3.76. The first-order chi connectivity index (χ1) is 10.6. The maximum absolute atomic E-state index is 3.76. The van der Waals surface area contributed by atoms with Crippen molar-refractivity contribution in [3.8, 4) is 0 Å². The summed E-state index contributed by atoms with van der Waals surface area (Å²) < 4.78 is 0. The summed E-state index contributed by atoms with van der Waals surface area (Å²) in [7, 11) is 0. The maximum Gasteiger partial charge on any atom is 0.0402 e. The fraction of sp³-hybridized carbons (Fsp3) is 0.714. The van der Waals surface area contributed by atoms with Crippen LogP contribution in [-0.2, 0) is 0 Å². The van der Waals surface area contributed by atoms with Gasteiger partial charge in [-0.15, -0.1) is 0 Å². The third kappa shape index (κ3) is 2.92. The number of nitrogens with one attached hydrogen (secondary N) is 1. The third-order valence-corrected chi connectivity index (χ3v) is 6.93. The van der Waals surface area contributed by atoms with Crippen LogP contribution < -0.4 is 5.32 Å². The molecule has 1 nitrogen and oxygen atoms in total. The van der Waals surface area contributed by atoms with Crippen LogP contribution in [0, 0.1) is 29.6 Å². The molecular weight excluding hydrogens is 266 g/mol. The van der Waals surface area contributed by atoms with E-state index in [9.17, 15) is 0 Å². The van der Waals surface area contributed by atoms with E-state index in [1.165, 1.54) is 31.4 Å². The number of rotatable bonds is 2. The van der Waals surface area contributed by atoms with E-state index in [1.54, 1.807) is 11.1 Å². The van der Waals surface area contributed by atoms with Crippen LogP contribution in [0.25, 0.3) is 0 Å². The van der Waals surface area contributed by atoms with Gasteiger partial charge >= 0.3 is 0 Å². The Balaban J connectivity index is 1.83. The van der Waals surface area contributed by atoms with E-state index in [-0.39, 0.29) is 0 Å². The fourth-order valence-electron chi connectivity index (χ4n) is 4.93. The van der Waals surface area contributed by atoms with Crippen LogP contribution in [0.1, 0.15) is 59.8 Å². The molecule has 0 spiro atoms. The summed E-state index contributed by atoms with van der Waals surface area (Å²) in [5.74, 6) is 4.25. The molecule has 0 radical (unpaired) electrons. The SMILES string of the molecule is CC1C(C)[C@H](C)C(CC2=CCC=CC3=C2NCCCC3)[C@@H]1C. The molecule has 5 atom stereocenters. The Bertz CT molecular complexity index is 482. The highest BCUT2D eigenvalue weighted by molar-refractivity contribution is 5.42. The van der Waals surface area contributed by atoms with Gasteiger partial charge in [-0.3, -0.25) is 0 Å². The van der Waals surface area contributed by atoms with Gasteiger partial charge in [0.2, 0.25) is 0 Å². The molecular formula is C21H33N. The predicted molar refractivity (Wildman–Crippen MR) is 95.5 cm³/mol. The standard InChI is InChI=1S/C21H33N/c1-14-15(2)17(4)20(16(14)3)13-19-11-6-5-9-18-10-7-8-12-22-21(18)19/h5,9,11,14-17,20,22H,6-8,10,12-13H2,1-4H3/t14?,15?,16-,17+,20?. The molecule has 0 aromatic carbocycles. The molecule has 1 fully saturated rings. The van der Waals surface area contributed by atoms with Crippen molar-refractivity contribution in [3.63, 3.8) is 0 Å². The van der Waals surface area contributed by atoms with E-state index in [2.05, 4.69) is 51.2 Å². The largest absolute Gasteiger partial charge is 0.385 e. The molecule has 122 valence electrons. The summed E-state index contributed by atoms with van der Waals surface area (Å²) in [6.07, 6.45) is 13.5. The Morgan fingerprint density at radius 3 is 2.45 bits per heavy atom. The molecule has 1 heterocycles. The first-order valence-electron chi connectivity index (χ1n) is 9.42. The van der Waals surface area contributed by atoms with Crippen molar-refractivity contribution in [1.29, 1.82) is 0 Å². The van der Waals surface area contributed by atoms with Crippen molar-refractivity contribution >= 4 is 0 Å². The van der Waals surface area contributed by atoms with Crippen LogP contribution in [0.2, 0.25) is 0 Å². The van der Waals surface area contributed by atoms with Gasteiger partial charge in [0.15, 0.2) is 0 Å². The average molecular weight is 300 g/mol. The van der Waals surface area contributed by atoms with Crippen LogP contribution in [0.3, 0.4) is 0 Å². The quantitative estimate of drug-likeness (QED) is 0.713. The normalized spacial score (nSPS) is 38.9. The topological polar surface area (TPSA) is 12.0 Å². The highest BCUT2D eigenvalue weighted by atomic mass is 14.9. The molecule has 1 heteroatoms. The van der Waals surface area contributed by atoms with Gasteiger partial charge in [0.25, 0.3) is 0 Å². The average Bonchev–Trinajstić information content (AvgIpc) is 2.78. The number of allylic oxidation sites excluding steroid dienone is 5. The molecule has 0 aromatic rings. The molecule has 1 aliphatic heterocycles. The van der Waals surface area contributed by atoms with Gasteiger partial charge in [0.1, 0.15) is 0 Å². The Morgan fingerprint density at radius 2 is 1.73 bits per heavy atom. The molecule has 0 saturated heterocycles. The van der Waals surface area contributed by atoms with Crippen LogP contribution in [0.5, 0.6) is 0 Å². The summed E-state index contributed by atoms with van der Waals surface area (Å²) in [4.78, 5) is 0. The van der Waals surface area contributed by atoms with Crippen LogP contribution in [-0.4, -0.2) is 6.54 Å². The number of hydrogen-bond donors (Lipinski definition) is 1. The van der Waals surface area contributed by atoms with Crippen LogP contribution >= 0.6 is 0 Å². The van der Waals surface area contributed by atoms with Gasteiger partial charge in [-0.2, -0.15) is 0 Å². The van der Waals surface area contributed by atoms with E-state index >= 15 is 0 Å². The van der Waals surface area contributed by atoms with Crippen LogP contribution in [0.4, 0.5) is 0 Å². The van der Waals surface area contributed by atoms with Gasteiger partial charge in [0, 0.05) is 12.2 Å². The zero-order valence-corrected chi connectivity index (χ0v) is 14.9. The van der Waals surface area contributed by atoms with Crippen molar-refractivity contribution in [2.45, 2.75) is 59.8 Å². The summed E-state index contributed by atoms with van der Waals surface area (Å²) >= 11 is 0. The van der Waals surface area contributed by atoms with Crippen molar-refractivity contribution in [2.75, 3.05) is 6.54 Å². The molecule has 2 aliphatic carbocycles. The molecule has 0 amide bonds. The van der Waals surface area contributed by atoms with E-state index in [1.807, 2.05) is 0 Å². The third-order valence-electron chi connectivity index (χ3n) is 6.93. The molecule has 1 N–H and O–H groups in total. The molecule has 1 saturated carbocycles. The van der Waals surface area contributed by atoms with E-state index in [0.717, 1.165) is 42.6 Å². The lowest BCUT2D eigenvalue weighted by molar-refractivity contribution is 0.318. The minimum Gasteiger partial charge on any atom is -0.385 e. The maximum atomic E-state index is 3.76. The van der Waals surface area contributed by atoms with Gasteiger partial charge in [-0.25, -0.2) is 0 Å². The predicted octanol–water partition coefficient (Wildman–Crippen LogP) is 5.46. The van der Waals surface area contributed by atoms with Crippen molar-refractivity contribution in [2.24, 2.45) is 29.6 Å². The lowest BCUT2D eigenvalue weighted by atomic mass is 9.82. The second-order valence-electron chi connectivity index (χ2n) is 7.96. The molecule has 3 unspecified atom stereocenters. The summed E-state index contributed by atoms with van der Waals surface area (Å²) in [6.45, 7) is 11.0. The Hall–Kier alpha value is -0.980.